The van der Waals surface area contributed by atoms with Crippen LogP contribution in [0.5, 0.6) is 0 Å². The molecule has 4 rings (SSSR count). The number of nitrogens with one attached hydrogen (secondary N) is 1. The minimum atomic E-state index is -0.152. The number of amides is 1. The molecule has 0 saturated carbocycles. The Kier molecular flexibility index (Phi) is 6.47. The van der Waals surface area contributed by atoms with Gasteiger partial charge in [-0.25, -0.2) is 0 Å². The maximum Gasteiger partial charge on any atom is 0.253 e. The number of benzene rings is 1. The number of carbonyl (C=O) groups is 1. The summed E-state index contributed by atoms with van der Waals surface area (Å²) in [5.74, 6) is 0.0273. The number of aromatic amines is 1. The number of carbonyl (C=O) groups excluding carboxylic acids is 1. The normalized spacial score (nSPS) is 16.0. The first-order chi connectivity index (χ1) is 15.0. The number of nitrogens with zero attached hydrogens (tertiary/aromatic N) is 2. The molecule has 1 amide bonds. The highest BCUT2D eigenvalue weighted by molar-refractivity contribution is 5.83. The third-order valence-corrected chi connectivity index (χ3v) is 5.90. The molecule has 1 aliphatic heterocycles. The third kappa shape index (κ3) is 5.20. The summed E-state index contributed by atoms with van der Waals surface area (Å²) in [5, 5.41) is 1.01. The van der Waals surface area contributed by atoms with Gasteiger partial charge in [-0.1, -0.05) is 12.1 Å². The van der Waals surface area contributed by atoms with Crippen molar-refractivity contribution in [2.45, 2.75) is 58.7 Å². The molecule has 1 atom stereocenters. The fraction of sp³-hybridized carbons (Fsp3) is 0.400. The van der Waals surface area contributed by atoms with Crippen molar-refractivity contribution >= 4 is 16.8 Å². The summed E-state index contributed by atoms with van der Waals surface area (Å²) in [6, 6.07) is 9.81. The van der Waals surface area contributed by atoms with Crippen LogP contribution in [0.4, 0.5) is 0 Å². The summed E-state index contributed by atoms with van der Waals surface area (Å²) in [4.78, 5) is 34.9. The van der Waals surface area contributed by atoms with E-state index in [-0.39, 0.29) is 24.1 Å². The number of ether oxygens (including phenoxy) is 1. The standard InChI is InChI=1S/C25H29N3O3/c1-17-11-18(2)22-13-20(25(30)27-23(22)12-17)16-28(15-19-5-3-9-26-14-19)24(29)8-7-21-6-4-10-31-21/h3,5,9,11-14,21H,4,6-8,10,15-16H2,1-2H3,(H,27,30). The Morgan fingerprint density at radius 3 is 2.87 bits per heavy atom. The number of aromatic nitrogens is 2. The summed E-state index contributed by atoms with van der Waals surface area (Å²) in [7, 11) is 0. The Hall–Kier alpha value is -2.99. The van der Waals surface area contributed by atoms with Gasteiger partial charge in [0.2, 0.25) is 5.91 Å². The van der Waals surface area contributed by atoms with E-state index in [1.165, 1.54) is 0 Å². The van der Waals surface area contributed by atoms with Crippen molar-refractivity contribution in [2.24, 2.45) is 0 Å². The molecule has 0 radical (unpaired) electrons. The van der Waals surface area contributed by atoms with E-state index < -0.39 is 0 Å². The quantitative estimate of drug-likeness (QED) is 0.627. The van der Waals surface area contributed by atoms with Gasteiger partial charge in [0, 0.05) is 48.4 Å². The van der Waals surface area contributed by atoms with E-state index >= 15 is 0 Å². The van der Waals surface area contributed by atoms with Crippen molar-refractivity contribution in [1.29, 1.82) is 0 Å². The molecule has 6 heteroatoms. The van der Waals surface area contributed by atoms with E-state index in [9.17, 15) is 9.59 Å². The second kappa shape index (κ2) is 9.43. The molecule has 0 bridgehead atoms. The molecule has 1 aliphatic rings. The zero-order valence-corrected chi connectivity index (χ0v) is 18.2. The number of rotatable bonds is 7. The summed E-state index contributed by atoms with van der Waals surface area (Å²) >= 11 is 0. The Balaban J connectivity index is 1.59. The third-order valence-electron chi connectivity index (χ3n) is 5.90. The predicted octanol–water partition coefficient (Wildman–Crippen LogP) is 4.03. The lowest BCUT2D eigenvalue weighted by Gasteiger charge is -2.23. The van der Waals surface area contributed by atoms with Crippen molar-refractivity contribution in [3.63, 3.8) is 0 Å². The highest BCUT2D eigenvalue weighted by Crippen LogP contribution is 2.21. The van der Waals surface area contributed by atoms with Crippen LogP contribution in [0.25, 0.3) is 10.9 Å². The smallest absolute Gasteiger partial charge is 0.253 e. The lowest BCUT2D eigenvalue weighted by atomic mass is 10.0. The van der Waals surface area contributed by atoms with Crippen LogP contribution in [-0.4, -0.2) is 33.5 Å². The number of hydrogen-bond donors (Lipinski definition) is 1. The second-order valence-electron chi connectivity index (χ2n) is 8.45. The Morgan fingerprint density at radius 2 is 2.13 bits per heavy atom. The number of pyridine rings is 2. The lowest BCUT2D eigenvalue weighted by Crippen LogP contribution is -2.33. The van der Waals surface area contributed by atoms with E-state index in [1.54, 1.807) is 17.3 Å². The molecule has 1 aromatic carbocycles. The molecule has 1 N–H and O–H groups in total. The molecule has 1 fully saturated rings. The van der Waals surface area contributed by atoms with E-state index in [0.717, 1.165) is 53.5 Å². The fourth-order valence-corrected chi connectivity index (χ4v) is 4.30. The minimum Gasteiger partial charge on any atom is -0.378 e. The summed E-state index contributed by atoms with van der Waals surface area (Å²) in [6.07, 6.45) is 6.84. The highest BCUT2D eigenvalue weighted by Gasteiger charge is 2.21. The number of aryl methyl sites for hydroxylation is 2. The van der Waals surface area contributed by atoms with Gasteiger partial charge in [0.25, 0.3) is 5.56 Å². The van der Waals surface area contributed by atoms with Gasteiger partial charge in [0.1, 0.15) is 0 Å². The summed E-state index contributed by atoms with van der Waals surface area (Å²) < 4.78 is 5.67. The zero-order chi connectivity index (χ0) is 21.8. The number of fused-ring (bicyclic) bond motifs is 1. The largest absolute Gasteiger partial charge is 0.378 e. The van der Waals surface area contributed by atoms with E-state index in [0.29, 0.717) is 18.5 Å². The molecule has 0 spiro atoms. The van der Waals surface area contributed by atoms with Crippen molar-refractivity contribution in [3.8, 4) is 0 Å². The van der Waals surface area contributed by atoms with Gasteiger partial charge in [0.15, 0.2) is 0 Å². The first kappa shape index (κ1) is 21.2. The van der Waals surface area contributed by atoms with Gasteiger partial charge in [-0.05, 0) is 68.0 Å². The second-order valence-corrected chi connectivity index (χ2v) is 8.45. The van der Waals surface area contributed by atoms with Crippen molar-refractivity contribution < 1.29 is 9.53 Å². The maximum absolute atomic E-state index is 13.1. The predicted molar refractivity (Wildman–Crippen MR) is 121 cm³/mol. The molecular formula is C25H29N3O3. The van der Waals surface area contributed by atoms with E-state index in [2.05, 4.69) is 16.0 Å². The van der Waals surface area contributed by atoms with Crippen LogP contribution in [0.3, 0.4) is 0 Å². The van der Waals surface area contributed by atoms with Crippen LogP contribution in [0, 0.1) is 13.8 Å². The fourth-order valence-electron chi connectivity index (χ4n) is 4.30. The zero-order valence-electron chi connectivity index (χ0n) is 18.2. The average Bonchev–Trinajstić information content (AvgIpc) is 3.27. The van der Waals surface area contributed by atoms with Crippen LogP contribution in [0.15, 0.2) is 47.5 Å². The average molecular weight is 420 g/mol. The van der Waals surface area contributed by atoms with Gasteiger partial charge >= 0.3 is 0 Å². The summed E-state index contributed by atoms with van der Waals surface area (Å²) in [5.41, 5.74) is 4.42. The van der Waals surface area contributed by atoms with Crippen LogP contribution in [0.2, 0.25) is 0 Å². The molecule has 6 nitrogen and oxygen atoms in total. The monoisotopic (exact) mass is 419 g/mol. The molecule has 1 unspecified atom stereocenters. The maximum atomic E-state index is 13.1. The molecule has 0 aliphatic carbocycles. The van der Waals surface area contributed by atoms with Gasteiger partial charge in [-0.2, -0.15) is 0 Å². The van der Waals surface area contributed by atoms with Crippen LogP contribution in [0.1, 0.15) is 47.9 Å². The lowest BCUT2D eigenvalue weighted by molar-refractivity contribution is -0.133. The van der Waals surface area contributed by atoms with Crippen molar-refractivity contribution in [2.75, 3.05) is 6.61 Å². The first-order valence-corrected chi connectivity index (χ1v) is 10.9. The Bertz CT molecular complexity index is 1120. The van der Waals surface area contributed by atoms with Crippen LogP contribution < -0.4 is 5.56 Å². The highest BCUT2D eigenvalue weighted by atomic mass is 16.5. The molecule has 3 heterocycles. The van der Waals surface area contributed by atoms with Gasteiger partial charge in [-0.15, -0.1) is 0 Å². The first-order valence-electron chi connectivity index (χ1n) is 10.9. The molecular weight excluding hydrogens is 390 g/mol. The SMILES string of the molecule is Cc1cc(C)c2cc(CN(Cc3cccnc3)C(=O)CCC3CCCO3)c(=O)[nH]c2c1. The Morgan fingerprint density at radius 1 is 1.26 bits per heavy atom. The number of hydrogen-bond acceptors (Lipinski definition) is 4. The van der Waals surface area contributed by atoms with Crippen LogP contribution >= 0.6 is 0 Å². The van der Waals surface area contributed by atoms with Gasteiger partial charge in [0.05, 0.1) is 12.6 Å². The van der Waals surface area contributed by atoms with E-state index in [4.69, 9.17) is 4.74 Å². The van der Waals surface area contributed by atoms with Crippen LogP contribution in [-0.2, 0) is 22.6 Å². The van der Waals surface area contributed by atoms with Gasteiger partial charge in [-0.3, -0.25) is 14.6 Å². The van der Waals surface area contributed by atoms with E-state index in [1.807, 2.05) is 38.1 Å². The van der Waals surface area contributed by atoms with Crippen molar-refractivity contribution in [1.82, 2.24) is 14.9 Å². The molecule has 2 aromatic heterocycles. The Labute approximate surface area is 182 Å². The molecule has 3 aromatic rings. The summed E-state index contributed by atoms with van der Waals surface area (Å²) in [6.45, 7) is 5.52. The number of H-pyrrole nitrogens is 1. The molecule has 162 valence electrons. The minimum absolute atomic E-state index is 0.0273. The molecule has 31 heavy (non-hydrogen) atoms. The van der Waals surface area contributed by atoms with Crippen molar-refractivity contribution in [3.05, 3.63) is 75.3 Å². The topological polar surface area (TPSA) is 75.3 Å². The van der Waals surface area contributed by atoms with Gasteiger partial charge < -0.3 is 14.6 Å². The molecule has 1 saturated heterocycles.